The minimum Gasteiger partial charge on any atom is -0.509 e. The normalized spacial score (nSPS) is 9.82. The molecule has 8 radical (unpaired) electrons. The molecular formula is C6H2B4O. The van der Waals surface area contributed by atoms with Crippen molar-refractivity contribution in [2.24, 2.45) is 0 Å². The number of hydrogen-bond donors (Lipinski definition) is 1. The summed E-state index contributed by atoms with van der Waals surface area (Å²) in [6.45, 7) is 0. The van der Waals surface area contributed by atoms with E-state index >= 15 is 0 Å². The molecule has 0 aliphatic carbocycles. The fourth-order valence-corrected chi connectivity index (χ4v) is 0.741. The molecule has 5 heteroatoms. The fourth-order valence-electron chi connectivity index (χ4n) is 0.741. The molecule has 1 aromatic rings. The Hall–Kier alpha value is -0.720. The van der Waals surface area contributed by atoms with Gasteiger partial charge in [0.15, 0.2) is 0 Å². The first-order valence-corrected chi connectivity index (χ1v) is 2.96. The third-order valence-corrected chi connectivity index (χ3v) is 1.46. The minimum atomic E-state index is -0.144. The molecule has 0 heterocycles. The van der Waals surface area contributed by atoms with Crippen LogP contribution in [0.25, 0.3) is 0 Å². The van der Waals surface area contributed by atoms with E-state index in [1.807, 2.05) is 0 Å². The maximum absolute atomic E-state index is 9.06. The molecule has 1 aromatic carbocycles. The first-order chi connectivity index (χ1) is 5.04. The number of phenolic OH excluding ortho intramolecular Hbond substituents is 1. The SMILES string of the molecule is [B]c1cc(O)c([B])c([B])c1[B]. The zero-order chi connectivity index (χ0) is 8.59. The first kappa shape index (κ1) is 8.38. The number of phenols is 1. The molecule has 0 spiro atoms. The minimum absolute atomic E-state index is 0.0664. The molecule has 0 atom stereocenters. The third-order valence-electron chi connectivity index (χ3n) is 1.46. The maximum Gasteiger partial charge on any atom is 0.118 e. The van der Waals surface area contributed by atoms with Gasteiger partial charge in [-0.1, -0.05) is 5.46 Å². The van der Waals surface area contributed by atoms with E-state index in [4.69, 9.17) is 36.5 Å². The van der Waals surface area contributed by atoms with Gasteiger partial charge in [0.05, 0.1) is 0 Å². The lowest BCUT2D eigenvalue weighted by molar-refractivity contribution is 0.480. The van der Waals surface area contributed by atoms with Crippen molar-refractivity contribution in [2.75, 3.05) is 0 Å². The molecule has 1 N–H and O–H groups in total. The topological polar surface area (TPSA) is 20.2 Å². The number of rotatable bonds is 0. The highest BCUT2D eigenvalue weighted by atomic mass is 16.3. The highest BCUT2D eigenvalue weighted by Crippen LogP contribution is 1.94. The lowest BCUT2D eigenvalue weighted by Crippen LogP contribution is -2.46. The van der Waals surface area contributed by atoms with E-state index in [9.17, 15) is 0 Å². The summed E-state index contributed by atoms with van der Waals surface area (Å²) in [5.41, 5.74) is 0.633. The Bertz CT molecular complexity index is 271. The van der Waals surface area contributed by atoms with Crippen LogP contribution in [0.5, 0.6) is 5.75 Å². The summed E-state index contributed by atoms with van der Waals surface area (Å²) in [5, 5.41) is 9.06. The van der Waals surface area contributed by atoms with E-state index in [1.54, 1.807) is 0 Å². The lowest BCUT2D eigenvalue weighted by atomic mass is 9.67. The summed E-state index contributed by atoms with van der Waals surface area (Å²) in [5.74, 6) is -0.144. The predicted molar refractivity (Wildman–Crippen MR) is 49.7 cm³/mol. The summed E-state index contributed by atoms with van der Waals surface area (Å²) in [6, 6.07) is 1.26. The van der Waals surface area contributed by atoms with Crippen LogP contribution < -0.4 is 21.9 Å². The van der Waals surface area contributed by atoms with Gasteiger partial charge in [0.25, 0.3) is 0 Å². The molecule has 0 aliphatic heterocycles. The Balaban J connectivity index is 3.46. The van der Waals surface area contributed by atoms with Crippen molar-refractivity contribution in [1.82, 2.24) is 0 Å². The molecule has 11 heavy (non-hydrogen) atoms. The van der Waals surface area contributed by atoms with Crippen LogP contribution in [0.3, 0.4) is 0 Å². The Morgan fingerprint density at radius 2 is 1.45 bits per heavy atom. The van der Waals surface area contributed by atoms with Crippen molar-refractivity contribution in [3.8, 4) is 5.75 Å². The van der Waals surface area contributed by atoms with Gasteiger partial charge in [-0.3, -0.25) is 0 Å². The van der Waals surface area contributed by atoms with Gasteiger partial charge >= 0.3 is 0 Å². The van der Waals surface area contributed by atoms with Crippen LogP contribution in [0.15, 0.2) is 6.07 Å². The molecule has 1 rings (SSSR count). The van der Waals surface area contributed by atoms with Gasteiger partial charge in [-0.25, -0.2) is 0 Å². The number of hydrogen-bond acceptors (Lipinski definition) is 1. The summed E-state index contributed by atoms with van der Waals surface area (Å²) < 4.78 is 0. The third kappa shape index (κ3) is 1.32. The van der Waals surface area contributed by atoms with E-state index in [0.717, 1.165) is 0 Å². The van der Waals surface area contributed by atoms with Crippen molar-refractivity contribution in [3.63, 3.8) is 0 Å². The molecule has 0 aliphatic rings. The van der Waals surface area contributed by atoms with Gasteiger partial charge in [-0.15, -0.1) is 16.4 Å². The molecule has 0 bridgehead atoms. The average molecular weight is 133 g/mol. The van der Waals surface area contributed by atoms with Crippen LogP contribution in [0.1, 0.15) is 0 Å². The second-order valence-electron chi connectivity index (χ2n) is 2.23. The number of benzene rings is 1. The van der Waals surface area contributed by atoms with E-state index in [1.165, 1.54) is 6.07 Å². The van der Waals surface area contributed by atoms with Crippen molar-refractivity contribution >= 4 is 53.2 Å². The van der Waals surface area contributed by atoms with E-state index in [2.05, 4.69) is 0 Å². The summed E-state index contributed by atoms with van der Waals surface area (Å²) >= 11 is 0. The Morgan fingerprint density at radius 3 is 2.00 bits per heavy atom. The quantitative estimate of drug-likeness (QED) is 0.365. The molecule has 0 saturated carbocycles. The molecule has 0 fully saturated rings. The van der Waals surface area contributed by atoms with Crippen LogP contribution in [0, 0.1) is 0 Å². The molecule has 0 amide bonds. The van der Waals surface area contributed by atoms with Crippen molar-refractivity contribution < 1.29 is 5.11 Å². The van der Waals surface area contributed by atoms with Gasteiger partial charge in [-0.2, -0.15) is 0 Å². The van der Waals surface area contributed by atoms with E-state index in [-0.39, 0.29) is 27.6 Å². The first-order valence-electron chi connectivity index (χ1n) is 2.96. The van der Waals surface area contributed by atoms with Crippen LogP contribution >= 0.6 is 0 Å². The monoisotopic (exact) mass is 134 g/mol. The van der Waals surface area contributed by atoms with Crippen LogP contribution in [0.4, 0.5) is 0 Å². The van der Waals surface area contributed by atoms with Crippen LogP contribution in [0.2, 0.25) is 0 Å². The zero-order valence-electron chi connectivity index (χ0n) is 5.83. The Kier molecular flexibility index (Phi) is 2.08. The smallest absolute Gasteiger partial charge is 0.118 e. The van der Waals surface area contributed by atoms with Crippen molar-refractivity contribution in [2.45, 2.75) is 0 Å². The standard InChI is InChI=1S/C6H2B4O/c7-2-1-3(11)5(9)6(10)4(2)8/h1,11H. The second-order valence-corrected chi connectivity index (χ2v) is 2.23. The van der Waals surface area contributed by atoms with Crippen LogP contribution in [-0.4, -0.2) is 36.5 Å². The molecule has 0 aromatic heterocycles. The van der Waals surface area contributed by atoms with Gasteiger partial charge < -0.3 is 5.11 Å². The lowest BCUT2D eigenvalue weighted by Gasteiger charge is -2.11. The summed E-state index contributed by atoms with van der Waals surface area (Å²) in [6.07, 6.45) is 0. The van der Waals surface area contributed by atoms with Gasteiger partial charge in [0.2, 0.25) is 0 Å². The zero-order valence-corrected chi connectivity index (χ0v) is 5.83. The molecule has 0 saturated heterocycles. The fraction of sp³-hybridized carbons (Fsp3) is 0. The largest absolute Gasteiger partial charge is 0.509 e. The number of aromatic hydroxyl groups is 1. The average Bonchev–Trinajstić information content (AvgIpc) is 1.97. The van der Waals surface area contributed by atoms with Gasteiger partial charge in [-0.05, 0) is 6.07 Å². The highest BCUT2D eigenvalue weighted by molar-refractivity contribution is 6.63. The second kappa shape index (κ2) is 2.72. The van der Waals surface area contributed by atoms with Gasteiger partial charge in [0.1, 0.15) is 37.1 Å². The molecule has 1 nitrogen and oxygen atoms in total. The molecular weight excluding hydrogens is 131 g/mol. The molecule has 0 unspecified atom stereocenters. The predicted octanol–water partition coefficient (Wildman–Crippen LogP) is -3.43. The van der Waals surface area contributed by atoms with Crippen molar-refractivity contribution in [3.05, 3.63) is 6.07 Å². The van der Waals surface area contributed by atoms with Crippen LogP contribution in [-0.2, 0) is 0 Å². The van der Waals surface area contributed by atoms with Crippen molar-refractivity contribution in [1.29, 1.82) is 0 Å². The maximum atomic E-state index is 9.06. The molecule has 44 valence electrons. The van der Waals surface area contributed by atoms with E-state index < -0.39 is 0 Å². The Morgan fingerprint density at radius 1 is 0.909 bits per heavy atom. The summed E-state index contributed by atoms with van der Waals surface area (Å²) in [7, 11) is 21.5. The summed E-state index contributed by atoms with van der Waals surface area (Å²) in [4.78, 5) is 0. The Labute approximate surface area is 70.8 Å². The highest BCUT2D eigenvalue weighted by Gasteiger charge is 2.02. The van der Waals surface area contributed by atoms with E-state index in [0.29, 0.717) is 0 Å². The van der Waals surface area contributed by atoms with Gasteiger partial charge in [0, 0.05) is 0 Å².